The molecule has 0 saturated carbocycles. The standard InChI is InChI=1S/C20H30N4O/c1-22-17-7-8-19(22)15-24(12-10-17)20(25)21-13-16-9-11-23(14-16)18-5-3-2-4-6-18/h2-6,16-17,19H,7-15H2,1H3,(H,21,25)/t16-,17+,19+/m1/s1. The summed E-state index contributed by atoms with van der Waals surface area (Å²) in [6.45, 7) is 4.71. The molecule has 0 aromatic heterocycles. The van der Waals surface area contributed by atoms with E-state index >= 15 is 0 Å². The minimum absolute atomic E-state index is 0.138. The van der Waals surface area contributed by atoms with E-state index in [0.717, 1.165) is 45.6 Å². The zero-order chi connectivity index (χ0) is 17.2. The number of nitrogens with zero attached hydrogens (tertiary/aromatic N) is 3. The molecule has 0 unspecified atom stereocenters. The first-order valence-electron chi connectivity index (χ1n) is 9.75. The summed E-state index contributed by atoms with van der Waals surface area (Å²) >= 11 is 0. The summed E-state index contributed by atoms with van der Waals surface area (Å²) in [5.41, 5.74) is 1.29. The Hall–Kier alpha value is -1.75. The molecule has 1 aromatic rings. The van der Waals surface area contributed by atoms with Crippen molar-refractivity contribution >= 4 is 11.7 Å². The third-order valence-electron chi connectivity index (χ3n) is 6.38. The van der Waals surface area contributed by atoms with Crippen molar-refractivity contribution < 1.29 is 4.79 Å². The van der Waals surface area contributed by atoms with Crippen molar-refractivity contribution in [2.45, 2.75) is 37.8 Å². The minimum Gasteiger partial charge on any atom is -0.371 e. The molecule has 5 heteroatoms. The number of likely N-dealkylation sites (tertiary alicyclic amines) is 1. The molecule has 0 radical (unpaired) electrons. The first-order chi connectivity index (χ1) is 12.2. The van der Waals surface area contributed by atoms with Crippen molar-refractivity contribution in [3.05, 3.63) is 30.3 Å². The van der Waals surface area contributed by atoms with Gasteiger partial charge in [0.05, 0.1) is 0 Å². The molecule has 3 fully saturated rings. The molecule has 0 aliphatic carbocycles. The lowest BCUT2D eigenvalue weighted by Gasteiger charge is -2.26. The van der Waals surface area contributed by atoms with Crippen LogP contribution in [-0.2, 0) is 0 Å². The molecule has 2 bridgehead atoms. The zero-order valence-electron chi connectivity index (χ0n) is 15.2. The summed E-state index contributed by atoms with van der Waals surface area (Å²) in [6, 6.07) is 12.0. The lowest BCUT2D eigenvalue weighted by molar-refractivity contribution is 0.187. The Bertz CT molecular complexity index is 593. The van der Waals surface area contributed by atoms with Gasteiger partial charge in [-0.3, -0.25) is 4.90 Å². The second kappa shape index (κ2) is 7.24. The average molecular weight is 342 g/mol. The highest BCUT2D eigenvalue weighted by Gasteiger charge is 2.36. The molecule has 3 heterocycles. The maximum absolute atomic E-state index is 12.6. The summed E-state index contributed by atoms with van der Waals surface area (Å²) in [5.74, 6) is 0.551. The zero-order valence-corrected chi connectivity index (χ0v) is 15.2. The van der Waals surface area contributed by atoms with Gasteiger partial charge in [0.15, 0.2) is 0 Å². The molecule has 136 valence electrons. The quantitative estimate of drug-likeness (QED) is 0.917. The third-order valence-corrected chi connectivity index (χ3v) is 6.38. The number of carbonyl (C=O) groups excluding carboxylic acids is 1. The fraction of sp³-hybridized carbons (Fsp3) is 0.650. The Labute approximate surface area is 151 Å². The van der Waals surface area contributed by atoms with Gasteiger partial charge in [-0.25, -0.2) is 4.79 Å². The molecule has 3 atom stereocenters. The molecule has 25 heavy (non-hydrogen) atoms. The van der Waals surface area contributed by atoms with Gasteiger partial charge >= 0.3 is 6.03 Å². The normalized spacial score (nSPS) is 29.7. The number of rotatable bonds is 3. The van der Waals surface area contributed by atoms with E-state index < -0.39 is 0 Å². The Kier molecular flexibility index (Phi) is 4.84. The van der Waals surface area contributed by atoms with E-state index in [1.54, 1.807) is 0 Å². The Morgan fingerprint density at radius 2 is 1.84 bits per heavy atom. The van der Waals surface area contributed by atoms with Gasteiger partial charge in [-0.05, 0) is 50.8 Å². The number of nitrogens with one attached hydrogen (secondary N) is 1. The fourth-order valence-electron chi connectivity index (χ4n) is 4.71. The van der Waals surface area contributed by atoms with Gasteiger partial charge < -0.3 is 15.1 Å². The number of anilines is 1. The largest absolute Gasteiger partial charge is 0.371 e. The highest BCUT2D eigenvalue weighted by molar-refractivity contribution is 5.74. The molecule has 3 aliphatic heterocycles. The van der Waals surface area contributed by atoms with Crippen LogP contribution in [0.25, 0.3) is 0 Å². The lowest BCUT2D eigenvalue weighted by Crippen LogP contribution is -2.46. The number of urea groups is 1. The van der Waals surface area contributed by atoms with E-state index in [9.17, 15) is 4.79 Å². The summed E-state index contributed by atoms with van der Waals surface area (Å²) in [4.78, 5) is 19.6. The predicted molar refractivity (Wildman–Crippen MR) is 101 cm³/mol. The summed E-state index contributed by atoms with van der Waals surface area (Å²) in [6.07, 6.45) is 4.81. The SMILES string of the molecule is CN1[C@H]2CC[C@H]1CN(C(=O)NC[C@H]1CCN(c3ccccc3)C1)CC2. The first kappa shape index (κ1) is 16.7. The van der Waals surface area contributed by atoms with Gasteiger partial charge in [-0.2, -0.15) is 0 Å². The molecule has 3 saturated heterocycles. The first-order valence-corrected chi connectivity index (χ1v) is 9.75. The van der Waals surface area contributed by atoms with Gasteiger partial charge in [-0.1, -0.05) is 18.2 Å². The number of hydrogen-bond donors (Lipinski definition) is 1. The van der Waals surface area contributed by atoms with Crippen LogP contribution in [-0.4, -0.2) is 67.7 Å². The predicted octanol–water partition coefficient (Wildman–Crippen LogP) is 2.39. The topological polar surface area (TPSA) is 38.8 Å². The molecule has 2 amide bonds. The van der Waals surface area contributed by atoms with Gasteiger partial charge in [0, 0.05) is 50.5 Å². The van der Waals surface area contributed by atoms with Crippen molar-refractivity contribution in [2.75, 3.05) is 44.7 Å². The van der Waals surface area contributed by atoms with Gasteiger partial charge in [0.25, 0.3) is 0 Å². The summed E-state index contributed by atoms with van der Waals surface area (Å²) in [7, 11) is 2.22. The second-order valence-electron chi connectivity index (χ2n) is 7.91. The van der Waals surface area contributed by atoms with Crippen molar-refractivity contribution in [3.8, 4) is 0 Å². The van der Waals surface area contributed by atoms with E-state index in [-0.39, 0.29) is 6.03 Å². The number of para-hydroxylation sites is 1. The van der Waals surface area contributed by atoms with Crippen molar-refractivity contribution in [2.24, 2.45) is 5.92 Å². The van der Waals surface area contributed by atoms with Crippen LogP contribution < -0.4 is 10.2 Å². The van der Waals surface area contributed by atoms with Crippen LogP contribution >= 0.6 is 0 Å². The molecular weight excluding hydrogens is 312 g/mol. The third kappa shape index (κ3) is 3.61. The Morgan fingerprint density at radius 3 is 2.68 bits per heavy atom. The van der Waals surface area contributed by atoms with Gasteiger partial charge in [-0.15, -0.1) is 0 Å². The van der Waals surface area contributed by atoms with E-state index in [2.05, 4.69) is 52.5 Å². The minimum atomic E-state index is 0.138. The monoisotopic (exact) mass is 342 g/mol. The van der Waals surface area contributed by atoms with Gasteiger partial charge in [0.1, 0.15) is 0 Å². The molecule has 0 spiro atoms. The van der Waals surface area contributed by atoms with E-state index in [4.69, 9.17) is 0 Å². The highest BCUT2D eigenvalue weighted by atomic mass is 16.2. The number of benzene rings is 1. The average Bonchev–Trinajstić information content (AvgIpc) is 3.18. The van der Waals surface area contributed by atoms with E-state index in [1.165, 1.54) is 18.5 Å². The molecule has 1 N–H and O–H groups in total. The number of fused-ring (bicyclic) bond motifs is 2. The van der Waals surface area contributed by atoms with Crippen LogP contribution in [0.5, 0.6) is 0 Å². The number of carbonyl (C=O) groups is 1. The molecule has 5 nitrogen and oxygen atoms in total. The lowest BCUT2D eigenvalue weighted by atomic mass is 10.1. The number of hydrogen-bond acceptors (Lipinski definition) is 3. The Morgan fingerprint density at radius 1 is 1.04 bits per heavy atom. The molecule has 3 aliphatic rings. The van der Waals surface area contributed by atoms with Crippen molar-refractivity contribution in [1.82, 2.24) is 15.1 Å². The van der Waals surface area contributed by atoms with E-state index in [0.29, 0.717) is 18.0 Å². The maximum Gasteiger partial charge on any atom is 0.317 e. The fourth-order valence-corrected chi connectivity index (χ4v) is 4.71. The van der Waals surface area contributed by atoms with Crippen LogP contribution in [0.2, 0.25) is 0 Å². The molecule has 4 rings (SSSR count). The molecule has 1 aromatic carbocycles. The van der Waals surface area contributed by atoms with Crippen LogP contribution in [0.15, 0.2) is 30.3 Å². The van der Waals surface area contributed by atoms with Crippen LogP contribution in [0, 0.1) is 5.92 Å². The smallest absolute Gasteiger partial charge is 0.317 e. The van der Waals surface area contributed by atoms with Crippen LogP contribution in [0.3, 0.4) is 0 Å². The van der Waals surface area contributed by atoms with Crippen molar-refractivity contribution in [1.29, 1.82) is 0 Å². The number of amides is 2. The summed E-state index contributed by atoms with van der Waals surface area (Å²) in [5, 5.41) is 3.21. The van der Waals surface area contributed by atoms with Gasteiger partial charge in [0.2, 0.25) is 0 Å². The number of likely N-dealkylation sites (N-methyl/N-ethyl adjacent to an activating group) is 1. The Balaban J connectivity index is 1.25. The van der Waals surface area contributed by atoms with Crippen molar-refractivity contribution in [3.63, 3.8) is 0 Å². The maximum atomic E-state index is 12.6. The van der Waals surface area contributed by atoms with Crippen LogP contribution in [0.1, 0.15) is 25.7 Å². The second-order valence-corrected chi connectivity index (χ2v) is 7.91. The summed E-state index contributed by atoms with van der Waals surface area (Å²) < 4.78 is 0. The van der Waals surface area contributed by atoms with Crippen LogP contribution in [0.4, 0.5) is 10.5 Å². The highest BCUT2D eigenvalue weighted by Crippen LogP contribution is 2.28. The molecular formula is C20H30N4O. The van der Waals surface area contributed by atoms with E-state index in [1.807, 2.05) is 4.90 Å².